The average Bonchev–Trinajstić information content (AvgIpc) is 3.44. The minimum atomic E-state index is -0.511. The quantitative estimate of drug-likeness (QED) is 0.194. The summed E-state index contributed by atoms with van der Waals surface area (Å²) < 4.78 is 0. The zero-order chi connectivity index (χ0) is 30.2. The molecule has 1 heterocycles. The van der Waals surface area contributed by atoms with Crippen molar-refractivity contribution in [1.29, 1.82) is 0 Å². The second kappa shape index (κ2) is 9.81. The maximum Gasteiger partial charge on any atom is 0.0725 e. The molecule has 0 aromatic heterocycles. The van der Waals surface area contributed by atoms with Crippen molar-refractivity contribution in [3.63, 3.8) is 0 Å². The average molecular weight is 601 g/mol. The van der Waals surface area contributed by atoms with E-state index in [2.05, 4.69) is 170 Å². The topological polar surface area (TPSA) is 0 Å². The highest BCUT2D eigenvalue weighted by atomic mass is 32.2. The van der Waals surface area contributed by atoms with Crippen LogP contribution in [0.1, 0.15) is 22.3 Å². The van der Waals surface area contributed by atoms with E-state index in [-0.39, 0.29) is 0 Å². The molecule has 1 heteroatoms. The fourth-order valence-electron chi connectivity index (χ4n) is 8.32. The fraction of sp³-hybridized carbons (Fsp3) is 0.0222. The van der Waals surface area contributed by atoms with Gasteiger partial charge in [0.1, 0.15) is 0 Å². The minimum Gasteiger partial charge on any atom is -0.0881 e. The third-order valence-corrected chi connectivity index (χ3v) is 11.3. The van der Waals surface area contributed by atoms with Crippen molar-refractivity contribution in [2.45, 2.75) is 15.2 Å². The standard InChI is InChI=1S/C45H28S/c1-2-15-31(16-3-1)45(39-22-9-6-18-33(39)37-27-25-29-13-4-5-17-32(29)43(37)45)40-23-10-7-19-34(40)38-28-26-30-14-12-21-36-35-20-8-11-24-41(35)46-44(38)42(30)36/h1-28H. The first-order valence-electron chi connectivity index (χ1n) is 15.9. The van der Waals surface area contributed by atoms with Crippen LogP contribution in [0.25, 0.3) is 54.9 Å². The highest BCUT2D eigenvalue weighted by Crippen LogP contribution is 2.60. The summed E-state index contributed by atoms with van der Waals surface area (Å²) in [7, 11) is 0. The van der Waals surface area contributed by atoms with E-state index in [1.165, 1.54) is 87.0 Å². The maximum absolute atomic E-state index is 2.39. The zero-order valence-electron chi connectivity index (χ0n) is 25.1. The normalized spacial score (nSPS) is 15.8. The summed E-state index contributed by atoms with van der Waals surface area (Å²) in [6.45, 7) is 0. The van der Waals surface area contributed by atoms with Gasteiger partial charge in [0.25, 0.3) is 0 Å². The molecule has 2 aliphatic rings. The first-order chi connectivity index (χ1) is 22.8. The minimum absolute atomic E-state index is 0.511. The highest BCUT2D eigenvalue weighted by Gasteiger charge is 2.48. The van der Waals surface area contributed by atoms with E-state index in [0.29, 0.717) is 0 Å². The predicted octanol–water partition coefficient (Wildman–Crippen LogP) is 12.2. The van der Waals surface area contributed by atoms with Gasteiger partial charge in [-0.15, -0.1) is 0 Å². The van der Waals surface area contributed by atoms with Crippen LogP contribution in [0.4, 0.5) is 0 Å². The van der Waals surface area contributed by atoms with Gasteiger partial charge in [-0.3, -0.25) is 0 Å². The van der Waals surface area contributed by atoms with Crippen molar-refractivity contribution in [2.24, 2.45) is 0 Å². The largest absolute Gasteiger partial charge is 0.0881 e. The molecule has 214 valence electrons. The molecule has 1 unspecified atom stereocenters. The molecule has 46 heavy (non-hydrogen) atoms. The summed E-state index contributed by atoms with van der Waals surface area (Å²) >= 11 is 1.92. The summed E-state index contributed by atoms with van der Waals surface area (Å²) in [5.41, 5.74) is 12.6. The highest BCUT2D eigenvalue weighted by molar-refractivity contribution is 8.00. The summed E-state index contributed by atoms with van der Waals surface area (Å²) in [5.74, 6) is 0. The van der Waals surface area contributed by atoms with Crippen molar-refractivity contribution >= 4 is 33.3 Å². The number of fused-ring (bicyclic) bond motifs is 7. The Balaban J connectivity index is 1.36. The lowest BCUT2D eigenvalue weighted by Crippen LogP contribution is -2.29. The second-order valence-electron chi connectivity index (χ2n) is 12.4. The predicted molar refractivity (Wildman–Crippen MR) is 194 cm³/mol. The van der Waals surface area contributed by atoms with Gasteiger partial charge in [0, 0.05) is 15.2 Å². The van der Waals surface area contributed by atoms with Crippen LogP contribution in [0.5, 0.6) is 0 Å². The molecule has 0 N–H and O–H groups in total. The van der Waals surface area contributed by atoms with Gasteiger partial charge in [-0.05, 0) is 77.9 Å². The van der Waals surface area contributed by atoms with Crippen molar-refractivity contribution in [1.82, 2.24) is 0 Å². The molecular formula is C45H28S. The molecule has 1 aliphatic carbocycles. The van der Waals surface area contributed by atoms with E-state index in [4.69, 9.17) is 0 Å². The van der Waals surface area contributed by atoms with Crippen LogP contribution in [0.15, 0.2) is 180 Å². The van der Waals surface area contributed by atoms with Gasteiger partial charge in [-0.25, -0.2) is 0 Å². The Morgan fingerprint density at radius 1 is 0.370 bits per heavy atom. The van der Waals surface area contributed by atoms with Crippen LogP contribution < -0.4 is 0 Å². The molecule has 1 atom stereocenters. The number of benzene rings is 8. The third-order valence-electron chi connectivity index (χ3n) is 10.1. The Kier molecular flexibility index (Phi) is 5.53. The van der Waals surface area contributed by atoms with Crippen LogP contribution in [-0.4, -0.2) is 0 Å². The molecular weight excluding hydrogens is 573 g/mol. The Bertz CT molecular complexity index is 2510. The van der Waals surface area contributed by atoms with Gasteiger partial charge in [0.2, 0.25) is 0 Å². The summed E-state index contributed by atoms with van der Waals surface area (Å²) in [5, 5.41) is 5.21. The monoisotopic (exact) mass is 600 g/mol. The Labute approximate surface area is 273 Å². The molecule has 0 fully saturated rings. The Hall–Kier alpha value is -5.37. The van der Waals surface area contributed by atoms with Gasteiger partial charge < -0.3 is 0 Å². The lowest BCUT2D eigenvalue weighted by Gasteiger charge is -2.36. The van der Waals surface area contributed by atoms with Crippen LogP contribution in [0, 0.1) is 0 Å². The molecule has 8 aromatic carbocycles. The summed E-state index contributed by atoms with van der Waals surface area (Å²) in [6.07, 6.45) is 0. The molecule has 0 spiro atoms. The van der Waals surface area contributed by atoms with Crippen LogP contribution in [0.2, 0.25) is 0 Å². The maximum atomic E-state index is 2.39. The van der Waals surface area contributed by atoms with Gasteiger partial charge in [-0.2, -0.15) is 0 Å². The number of hydrogen-bond donors (Lipinski definition) is 0. The molecule has 0 saturated heterocycles. The molecule has 0 saturated carbocycles. The van der Waals surface area contributed by atoms with Crippen LogP contribution in [0.3, 0.4) is 0 Å². The van der Waals surface area contributed by atoms with E-state index in [1.807, 2.05) is 11.8 Å². The lowest BCUT2D eigenvalue weighted by atomic mass is 9.65. The fourth-order valence-corrected chi connectivity index (χ4v) is 9.60. The van der Waals surface area contributed by atoms with Crippen molar-refractivity contribution in [3.05, 3.63) is 192 Å². The summed E-state index contributed by atoms with van der Waals surface area (Å²) in [4.78, 5) is 2.65. The van der Waals surface area contributed by atoms with Crippen LogP contribution >= 0.6 is 11.8 Å². The van der Waals surface area contributed by atoms with E-state index in [9.17, 15) is 0 Å². The molecule has 1 aliphatic heterocycles. The van der Waals surface area contributed by atoms with E-state index >= 15 is 0 Å². The van der Waals surface area contributed by atoms with E-state index in [0.717, 1.165) is 0 Å². The van der Waals surface area contributed by atoms with E-state index < -0.39 is 5.41 Å². The molecule has 8 aromatic rings. The smallest absolute Gasteiger partial charge is 0.0725 e. The number of hydrogen-bond acceptors (Lipinski definition) is 1. The van der Waals surface area contributed by atoms with Gasteiger partial charge in [-0.1, -0.05) is 176 Å². The Morgan fingerprint density at radius 3 is 1.78 bits per heavy atom. The molecule has 10 rings (SSSR count). The van der Waals surface area contributed by atoms with Crippen molar-refractivity contribution < 1.29 is 0 Å². The van der Waals surface area contributed by atoms with Crippen molar-refractivity contribution in [2.75, 3.05) is 0 Å². The first-order valence-corrected chi connectivity index (χ1v) is 16.8. The SMILES string of the molecule is c1ccc(C2(c3ccccc3-c3ccc4cccc5c4c3Sc3ccccc3-5)c3ccccc3-c3ccc4ccccc4c32)cc1. The molecule has 0 bridgehead atoms. The summed E-state index contributed by atoms with van der Waals surface area (Å²) in [6, 6.07) is 63.3. The van der Waals surface area contributed by atoms with Gasteiger partial charge in [0.05, 0.1) is 5.41 Å². The van der Waals surface area contributed by atoms with Gasteiger partial charge in [0.15, 0.2) is 0 Å². The molecule has 0 radical (unpaired) electrons. The first kappa shape index (κ1) is 25.9. The molecule has 0 nitrogen and oxygen atoms in total. The third kappa shape index (κ3) is 3.41. The second-order valence-corrected chi connectivity index (χ2v) is 13.4. The van der Waals surface area contributed by atoms with Crippen LogP contribution in [-0.2, 0) is 5.41 Å². The zero-order valence-corrected chi connectivity index (χ0v) is 25.9. The van der Waals surface area contributed by atoms with Gasteiger partial charge >= 0.3 is 0 Å². The van der Waals surface area contributed by atoms with Crippen molar-refractivity contribution in [3.8, 4) is 33.4 Å². The number of rotatable bonds is 3. The van der Waals surface area contributed by atoms with E-state index in [1.54, 1.807) is 0 Å². The Morgan fingerprint density at radius 2 is 0.957 bits per heavy atom. The molecule has 0 amide bonds. The lowest BCUT2D eigenvalue weighted by molar-refractivity contribution is 0.777.